The average Bonchev–Trinajstić information content (AvgIpc) is 2.55. The number of hydrogen-bond donors (Lipinski definition) is 0. The lowest BCUT2D eigenvalue weighted by atomic mass is 10.3. The van der Waals surface area contributed by atoms with Crippen LogP contribution in [0.2, 0.25) is 0 Å². The number of aromatic nitrogens is 1. The summed E-state index contributed by atoms with van der Waals surface area (Å²) in [4.78, 5) is 21.2. The molecule has 0 unspecified atom stereocenters. The van der Waals surface area contributed by atoms with E-state index in [2.05, 4.69) is 0 Å². The topological polar surface area (TPSA) is 88.9 Å². The van der Waals surface area contributed by atoms with Crippen LogP contribution in [0.5, 0.6) is 0 Å². The average molecular weight is 235 g/mol. The molecule has 0 N–H and O–H groups in total. The van der Waals surface area contributed by atoms with Crippen LogP contribution in [0, 0.1) is 21.4 Å². The Labute approximate surface area is 93.1 Å². The molecule has 0 spiro atoms. The van der Waals surface area contributed by atoms with Crippen LogP contribution in [0.25, 0.3) is 10.2 Å². The minimum Gasteiger partial charge on any atom is -0.285 e. The third-order valence-corrected chi connectivity index (χ3v) is 3.03. The van der Waals surface area contributed by atoms with Crippen molar-refractivity contribution in [2.75, 3.05) is 0 Å². The Hall–Kier alpha value is -2.20. The van der Waals surface area contributed by atoms with Gasteiger partial charge in [-0.2, -0.15) is 5.26 Å². The summed E-state index contributed by atoms with van der Waals surface area (Å²) in [5.41, 5.74) is 0.500. The largest absolute Gasteiger partial charge is 0.309 e. The second kappa shape index (κ2) is 3.75. The van der Waals surface area contributed by atoms with Crippen molar-refractivity contribution in [2.24, 2.45) is 0 Å². The third-order valence-electron chi connectivity index (χ3n) is 2.09. The minimum atomic E-state index is -0.516. The van der Waals surface area contributed by atoms with Gasteiger partial charge in [0.05, 0.1) is 21.2 Å². The molecular weight excluding hydrogens is 230 g/mol. The van der Waals surface area contributed by atoms with Crippen LogP contribution in [-0.4, -0.2) is 9.49 Å². The molecule has 0 fully saturated rings. The molecule has 2 rings (SSSR count). The SMILES string of the molecule is N#CCn1c(=O)sc2cc([N+](=O)[O-])ccc21. The first kappa shape index (κ1) is 10.3. The molecule has 0 aliphatic rings. The Morgan fingerprint density at radius 1 is 1.56 bits per heavy atom. The van der Waals surface area contributed by atoms with Gasteiger partial charge in [0.1, 0.15) is 6.54 Å². The van der Waals surface area contributed by atoms with Gasteiger partial charge in [-0.05, 0) is 6.07 Å². The molecule has 2 aromatic rings. The molecule has 16 heavy (non-hydrogen) atoms. The van der Waals surface area contributed by atoms with Crippen molar-refractivity contribution in [2.45, 2.75) is 6.54 Å². The molecule has 0 bridgehead atoms. The van der Waals surface area contributed by atoms with Gasteiger partial charge in [-0.1, -0.05) is 11.3 Å². The highest BCUT2D eigenvalue weighted by Gasteiger charge is 2.11. The fourth-order valence-electron chi connectivity index (χ4n) is 1.39. The molecule has 6 nitrogen and oxygen atoms in total. The lowest BCUT2D eigenvalue weighted by molar-refractivity contribution is -0.384. The predicted octanol–water partition coefficient (Wildman–Crippen LogP) is 1.49. The van der Waals surface area contributed by atoms with Crippen molar-refractivity contribution in [1.29, 1.82) is 5.26 Å². The normalized spacial score (nSPS) is 10.2. The number of non-ortho nitro benzene ring substituents is 1. The zero-order valence-corrected chi connectivity index (χ0v) is 8.73. The van der Waals surface area contributed by atoms with Crippen LogP contribution in [-0.2, 0) is 6.54 Å². The quantitative estimate of drug-likeness (QED) is 0.582. The maximum atomic E-state index is 11.5. The zero-order chi connectivity index (χ0) is 11.7. The molecule has 0 radical (unpaired) electrons. The number of nitriles is 1. The third kappa shape index (κ3) is 1.55. The number of benzene rings is 1. The van der Waals surface area contributed by atoms with E-state index in [4.69, 9.17) is 5.26 Å². The highest BCUT2D eigenvalue weighted by atomic mass is 32.1. The van der Waals surface area contributed by atoms with Crippen LogP contribution < -0.4 is 4.87 Å². The first-order valence-electron chi connectivity index (χ1n) is 4.28. The van der Waals surface area contributed by atoms with Gasteiger partial charge >= 0.3 is 4.87 Å². The number of rotatable bonds is 2. The molecule has 1 aromatic heterocycles. The van der Waals surface area contributed by atoms with E-state index in [9.17, 15) is 14.9 Å². The van der Waals surface area contributed by atoms with Crippen LogP contribution in [0.1, 0.15) is 0 Å². The number of thiazole rings is 1. The van der Waals surface area contributed by atoms with Gasteiger partial charge in [0.25, 0.3) is 5.69 Å². The van der Waals surface area contributed by atoms with Crippen molar-refractivity contribution in [1.82, 2.24) is 4.57 Å². The standard InChI is InChI=1S/C9H5N3O3S/c10-3-4-11-7-2-1-6(12(14)15)5-8(7)16-9(11)13/h1-2,5H,4H2. The number of fused-ring (bicyclic) bond motifs is 1. The number of nitro benzene ring substituents is 1. The van der Waals surface area contributed by atoms with Crippen molar-refractivity contribution >= 4 is 27.2 Å². The van der Waals surface area contributed by atoms with E-state index < -0.39 is 4.92 Å². The maximum Gasteiger partial charge on any atom is 0.309 e. The lowest BCUT2D eigenvalue weighted by Gasteiger charge is -1.95. The second-order valence-electron chi connectivity index (χ2n) is 3.02. The first-order chi connectivity index (χ1) is 7.63. The molecule has 0 atom stereocenters. The van der Waals surface area contributed by atoms with Gasteiger partial charge in [0.15, 0.2) is 0 Å². The van der Waals surface area contributed by atoms with E-state index in [0.29, 0.717) is 10.2 Å². The smallest absolute Gasteiger partial charge is 0.285 e. The molecule has 0 amide bonds. The molecule has 7 heteroatoms. The summed E-state index contributed by atoms with van der Waals surface area (Å²) in [5.74, 6) is 0. The molecule has 0 aliphatic heterocycles. The summed E-state index contributed by atoms with van der Waals surface area (Å²) >= 11 is 0.902. The number of nitrogens with zero attached hydrogens (tertiary/aromatic N) is 3. The van der Waals surface area contributed by atoms with Crippen molar-refractivity contribution < 1.29 is 4.92 Å². The number of nitro groups is 1. The lowest BCUT2D eigenvalue weighted by Crippen LogP contribution is -2.11. The summed E-state index contributed by atoms with van der Waals surface area (Å²) < 4.78 is 1.82. The molecule has 1 heterocycles. The monoisotopic (exact) mass is 235 g/mol. The molecule has 0 aliphatic carbocycles. The van der Waals surface area contributed by atoms with Crippen LogP contribution in [0.4, 0.5) is 5.69 Å². The first-order valence-corrected chi connectivity index (χ1v) is 5.10. The summed E-state index contributed by atoms with van der Waals surface area (Å²) in [6.45, 7) is -0.0450. The molecule has 1 aromatic carbocycles. The Balaban J connectivity index is 2.71. The van der Waals surface area contributed by atoms with Gasteiger partial charge in [-0.25, -0.2) is 0 Å². The summed E-state index contributed by atoms with van der Waals surface area (Å²) in [7, 11) is 0. The van der Waals surface area contributed by atoms with Crippen molar-refractivity contribution in [3.8, 4) is 6.07 Å². The van der Waals surface area contributed by atoms with E-state index in [1.54, 1.807) is 0 Å². The molecule has 80 valence electrons. The minimum absolute atomic E-state index is 0.0450. The fourth-order valence-corrected chi connectivity index (χ4v) is 2.31. The van der Waals surface area contributed by atoms with Crippen molar-refractivity contribution in [3.63, 3.8) is 0 Å². The second-order valence-corrected chi connectivity index (χ2v) is 4.01. The fraction of sp³-hybridized carbons (Fsp3) is 0.111. The summed E-state index contributed by atoms with van der Waals surface area (Å²) in [6, 6.07) is 6.03. The highest BCUT2D eigenvalue weighted by molar-refractivity contribution is 7.16. The van der Waals surface area contributed by atoms with Gasteiger partial charge in [-0.15, -0.1) is 0 Å². The highest BCUT2D eigenvalue weighted by Crippen LogP contribution is 2.22. The van der Waals surface area contributed by atoms with E-state index in [1.807, 2.05) is 6.07 Å². The Morgan fingerprint density at radius 3 is 2.94 bits per heavy atom. The van der Waals surface area contributed by atoms with E-state index in [1.165, 1.54) is 22.8 Å². The van der Waals surface area contributed by atoms with E-state index in [-0.39, 0.29) is 17.1 Å². The summed E-state index contributed by atoms with van der Waals surface area (Å²) in [6.07, 6.45) is 0. The predicted molar refractivity (Wildman–Crippen MR) is 58.4 cm³/mol. The van der Waals surface area contributed by atoms with Crippen LogP contribution in [0.15, 0.2) is 23.0 Å². The van der Waals surface area contributed by atoms with Crippen LogP contribution >= 0.6 is 11.3 Å². The molecule has 0 saturated heterocycles. The molecule has 0 saturated carbocycles. The van der Waals surface area contributed by atoms with Gasteiger partial charge in [0.2, 0.25) is 0 Å². The number of hydrogen-bond acceptors (Lipinski definition) is 5. The maximum absolute atomic E-state index is 11.5. The van der Waals surface area contributed by atoms with E-state index in [0.717, 1.165) is 11.3 Å². The summed E-state index contributed by atoms with van der Waals surface area (Å²) in [5, 5.41) is 19.1. The van der Waals surface area contributed by atoms with Crippen molar-refractivity contribution in [3.05, 3.63) is 38.0 Å². The van der Waals surface area contributed by atoms with E-state index >= 15 is 0 Å². The van der Waals surface area contributed by atoms with Gasteiger partial charge in [0, 0.05) is 12.1 Å². The Kier molecular flexibility index (Phi) is 2.42. The molecular formula is C9H5N3O3S. The van der Waals surface area contributed by atoms with Gasteiger partial charge in [-0.3, -0.25) is 19.5 Å². The van der Waals surface area contributed by atoms with Gasteiger partial charge < -0.3 is 0 Å². The van der Waals surface area contributed by atoms with Crippen LogP contribution in [0.3, 0.4) is 0 Å². The zero-order valence-electron chi connectivity index (χ0n) is 7.91. The Bertz CT molecular complexity index is 665. The Morgan fingerprint density at radius 2 is 2.31 bits per heavy atom.